The fourth-order valence-corrected chi connectivity index (χ4v) is 5.59. The van der Waals surface area contributed by atoms with Gasteiger partial charge in [-0.05, 0) is 30.9 Å². The molecule has 2 atom stereocenters. The van der Waals surface area contributed by atoms with Gasteiger partial charge in [-0.25, -0.2) is 8.78 Å². The highest BCUT2D eigenvalue weighted by atomic mass is 19.1. The Morgan fingerprint density at radius 1 is 1.12 bits per heavy atom. The van der Waals surface area contributed by atoms with Gasteiger partial charge in [0.05, 0.1) is 6.54 Å². The first-order chi connectivity index (χ1) is 19.6. The number of carbonyl (C=O) groups is 2. The minimum absolute atomic E-state index is 0.0285. The van der Waals surface area contributed by atoms with Gasteiger partial charge in [-0.15, -0.1) is 0 Å². The summed E-state index contributed by atoms with van der Waals surface area (Å²) in [5.41, 5.74) is 0.0359. The average molecular weight is 565 g/mol. The summed E-state index contributed by atoms with van der Waals surface area (Å²) in [5.74, 6) is -2.40. The molecular weight excluding hydrogens is 530 g/mol. The Kier molecular flexibility index (Phi) is 8.21. The quantitative estimate of drug-likeness (QED) is 0.444. The summed E-state index contributed by atoms with van der Waals surface area (Å²) in [6.07, 6.45) is 1.96. The largest absolute Gasteiger partial charge is 0.483 e. The van der Waals surface area contributed by atoms with E-state index in [1.165, 1.54) is 12.3 Å². The summed E-state index contributed by atoms with van der Waals surface area (Å²) < 4.78 is 35.1. The molecule has 0 spiro atoms. The lowest BCUT2D eigenvalue weighted by Crippen LogP contribution is -2.64. The van der Waals surface area contributed by atoms with Crippen molar-refractivity contribution in [2.45, 2.75) is 59.1 Å². The molecule has 0 radical (unpaired) electrons. The fraction of sp³-hybridized carbons (Fsp3) is 0.387. The molecule has 2 aliphatic rings. The maximum Gasteiger partial charge on any atom is 0.276 e. The van der Waals surface area contributed by atoms with Crippen LogP contribution in [0.15, 0.2) is 59.5 Å². The summed E-state index contributed by atoms with van der Waals surface area (Å²) >= 11 is 0. The number of nitrogens with zero attached hydrogens (tertiary/aromatic N) is 3. The molecule has 2 aliphatic heterocycles. The predicted molar refractivity (Wildman–Crippen MR) is 149 cm³/mol. The second kappa shape index (κ2) is 11.8. The van der Waals surface area contributed by atoms with Crippen molar-refractivity contribution in [3.8, 4) is 5.75 Å². The van der Waals surface area contributed by atoms with E-state index < -0.39 is 23.0 Å². The van der Waals surface area contributed by atoms with Crippen molar-refractivity contribution in [3.63, 3.8) is 0 Å². The highest BCUT2D eigenvalue weighted by Crippen LogP contribution is 2.32. The highest BCUT2D eigenvalue weighted by molar-refractivity contribution is 5.99. The van der Waals surface area contributed by atoms with E-state index in [1.807, 2.05) is 42.2 Å². The van der Waals surface area contributed by atoms with E-state index in [-0.39, 0.29) is 53.8 Å². The van der Waals surface area contributed by atoms with Crippen LogP contribution in [0.5, 0.6) is 5.75 Å². The first kappa shape index (κ1) is 28.5. The fourth-order valence-electron chi connectivity index (χ4n) is 5.59. The van der Waals surface area contributed by atoms with Crippen molar-refractivity contribution in [3.05, 3.63) is 99.0 Å². The van der Waals surface area contributed by atoms with Crippen LogP contribution in [0.4, 0.5) is 8.78 Å². The number of pyridine rings is 1. The van der Waals surface area contributed by atoms with E-state index in [2.05, 4.69) is 24.1 Å². The van der Waals surface area contributed by atoms with Gasteiger partial charge in [0.2, 0.25) is 5.43 Å². The van der Waals surface area contributed by atoms with Crippen LogP contribution in [0.25, 0.3) is 0 Å². The molecule has 216 valence electrons. The zero-order valence-electron chi connectivity index (χ0n) is 23.4. The first-order valence-corrected chi connectivity index (χ1v) is 13.9. The number of halogens is 2. The molecule has 0 bridgehead atoms. The smallest absolute Gasteiger partial charge is 0.276 e. The Labute approximate surface area is 237 Å². The Balaban J connectivity index is 1.53. The molecule has 2 amide bonds. The lowest BCUT2D eigenvalue weighted by atomic mass is 10.0. The van der Waals surface area contributed by atoms with Gasteiger partial charge in [0.15, 0.2) is 11.4 Å². The maximum atomic E-state index is 14.2. The lowest BCUT2D eigenvalue weighted by Gasteiger charge is -2.50. The molecule has 0 unspecified atom stereocenters. The van der Waals surface area contributed by atoms with Crippen LogP contribution in [0.2, 0.25) is 0 Å². The Morgan fingerprint density at radius 3 is 2.59 bits per heavy atom. The van der Waals surface area contributed by atoms with Crippen molar-refractivity contribution in [2.75, 3.05) is 13.1 Å². The number of fused-ring (bicyclic) bond motifs is 2. The second-order valence-corrected chi connectivity index (χ2v) is 11.1. The maximum absolute atomic E-state index is 14.2. The van der Waals surface area contributed by atoms with E-state index in [0.29, 0.717) is 12.5 Å². The summed E-state index contributed by atoms with van der Waals surface area (Å²) in [4.78, 5) is 45.1. The van der Waals surface area contributed by atoms with Crippen molar-refractivity contribution in [1.82, 2.24) is 19.7 Å². The monoisotopic (exact) mass is 564 g/mol. The van der Waals surface area contributed by atoms with Crippen LogP contribution in [-0.4, -0.2) is 51.5 Å². The molecule has 3 heterocycles. The summed E-state index contributed by atoms with van der Waals surface area (Å²) in [7, 11) is 0. The number of carbonyl (C=O) groups excluding carboxylic acids is 2. The standard InChI is InChI=1S/C31H34F2N4O4/c1-19(2)15-35-12-11-20(3)37-26(35)17-36-16-24(30(39)34-14-22-9-10-23(32)13-25(22)33)28(38)29(27(36)31(37)40)41-18-21-7-5-4-6-8-21/h4-10,13,16,19-20,26H,11-12,14-15,17-18H2,1-3H3,(H,34,39)/t20-,26+/m0/s1. The molecule has 3 aromatic rings. The third kappa shape index (κ3) is 5.88. The normalized spacial score (nSPS) is 18.7. The number of benzene rings is 2. The molecule has 1 N–H and O–H groups in total. The molecular formula is C31H34F2N4O4. The van der Waals surface area contributed by atoms with Crippen LogP contribution in [0, 0.1) is 17.6 Å². The minimum Gasteiger partial charge on any atom is -0.483 e. The van der Waals surface area contributed by atoms with Gasteiger partial charge in [0, 0.05) is 43.5 Å². The SMILES string of the molecule is CC(C)CN1CC[C@H](C)N2C(=O)c3c(OCc4ccccc4)c(=O)c(C(=O)NCc4ccc(F)cc4F)cn3C[C@H]12. The third-order valence-corrected chi connectivity index (χ3v) is 7.61. The van der Waals surface area contributed by atoms with E-state index in [1.54, 1.807) is 4.57 Å². The molecule has 8 nitrogen and oxygen atoms in total. The highest BCUT2D eigenvalue weighted by Gasteiger charge is 2.44. The number of ether oxygens (including phenoxy) is 1. The number of hydrogen-bond donors (Lipinski definition) is 1. The van der Waals surface area contributed by atoms with Gasteiger partial charge in [-0.3, -0.25) is 19.3 Å². The van der Waals surface area contributed by atoms with Crippen molar-refractivity contribution in [1.29, 1.82) is 0 Å². The van der Waals surface area contributed by atoms with E-state index >= 15 is 0 Å². The van der Waals surface area contributed by atoms with Crippen LogP contribution >= 0.6 is 0 Å². The van der Waals surface area contributed by atoms with Gasteiger partial charge < -0.3 is 19.5 Å². The van der Waals surface area contributed by atoms with Gasteiger partial charge >= 0.3 is 0 Å². The second-order valence-electron chi connectivity index (χ2n) is 11.1. The van der Waals surface area contributed by atoms with Gasteiger partial charge in [-0.2, -0.15) is 0 Å². The molecule has 0 aliphatic carbocycles. The topological polar surface area (TPSA) is 83.9 Å². The Morgan fingerprint density at radius 2 is 1.88 bits per heavy atom. The Bertz CT molecular complexity index is 1510. The molecule has 5 rings (SSSR count). The van der Waals surface area contributed by atoms with Crippen molar-refractivity contribution >= 4 is 11.8 Å². The number of amides is 2. The van der Waals surface area contributed by atoms with E-state index in [0.717, 1.165) is 37.2 Å². The summed E-state index contributed by atoms with van der Waals surface area (Å²) in [6, 6.07) is 12.3. The molecule has 1 saturated heterocycles. The summed E-state index contributed by atoms with van der Waals surface area (Å²) in [5, 5.41) is 2.56. The van der Waals surface area contributed by atoms with Crippen molar-refractivity contribution in [2.24, 2.45) is 5.92 Å². The third-order valence-electron chi connectivity index (χ3n) is 7.61. The van der Waals surface area contributed by atoms with Gasteiger partial charge in [0.25, 0.3) is 11.8 Å². The molecule has 0 saturated carbocycles. The van der Waals surface area contributed by atoms with Gasteiger partial charge in [0.1, 0.15) is 30.0 Å². The average Bonchev–Trinajstić information content (AvgIpc) is 2.93. The zero-order chi connectivity index (χ0) is 29.3. The predicted octanol–water partition coefficient (Wildman–Crippen LogP) is 4.17. The number of hydrogen-bond acceptors (Lipinski definition) is 5. The zero-order valence-corrected chi connectivity index (χ0v) is 23.4. The molecule has 1 aromatic heterocycles. The summed E-state index contributed by atoms with van der Waals surface area (Å²) in [6.45, 7) is 8.02. The van der Waals surface area contributed by atoms with E-state index in [4.69, 9.17) is 4.74 Å². The van der Waals surface area contributed by atoms with Crippen LogP contribution < -0.4 is 15.5 Å². The first-order valence-electron chi connectivity index (χ1n) is 13.9. The van der Waals surface area contributed by atoms with Crippen LogP contribution in [-0.2, 0) is 19.7 Å². The van der Waals surface area contributed by atoms with Gasteiger partial charge in [-0.1, -0.05) is 50.2 Å². The number of aromatic nitrogens is 1. The molecule has 1 fully saturated rings. The molecule has 41 heavy (non-hydrogen) atoms. The van der Waals surface area contributed by atoms with E-state index in [9.17, 15) is 23.2 Å². The lowest BCUT2D eigenvalue weighted by molar-refractivity contribution is -0.0367. The number of nitrogens with one attached hydrogen (secondary N) is 1. The van der Waals surface area contributed by atoms with Crippen molar-refractivity contribution < 1.29 is 23.1 Å². The number of rotatable bonds is 8. The van der Waals surface area contributed by atoms with Crippen LogP contribution in [0.1, 0.15) is 59.2 Å². The molecule has 2 aromatic carbocycles. The van der Waals surface area contributed by atoms with Crippen LogP contribution in [0.3, 0.4) is 0 Å². The molecule has 10 heteroatoms. The Hall–Kier alpha value is -4.05. The minimum atomic E-state index is -0.804.